The van der Waals surface area contributed by atoms with E-state index in [0.29, 0.717) is 5.03 Å². The Bertz CT molecular complexity index is 759. The average Bonchev–Trinajstić information content (AvgIpc) is 3.09. The number of alkyl halides is 1. The molecule has 1 aromatic carbocycles. The lowest BCUT2D eigenvalue weighted by Crippen LogP contribution is -2.26. The molecule has 0 fully saturated rings. The molecule has 1 aliphatic rings. The Hall–Kier alpha value is -1.75. The fraction of sp³-hybridized carbons (Fsp3) is 0.316. The van der Waals surface area contributed by atoms with Crippen LogP contribution in [0.2, 0.25) is 0 Å². The van der Waals surface area contributed by atoms with Gasteiger partial charge in [0.15, 0.2) is 11.9 Å². The van der Waals surface area contributed by atoms with Crippen molar-refractivity contribution in [3.8, 4) is 5.75 Å². The molecule has 0 aliphatic heterocycles. The largest absolute Gasteiger partial charge is 0.467 e. The molecular weight excluding hydrogens is 359 g/mol. The molecule has 0 radical (unpaired) electrons. The summed E-state index contributed by atoms with van der Waals surface area (Å²) >= 11 is 12.9. The van der Waals surface area contributed by atoms with E-state index < -0.39 is 5.06 Å². The number of ether oxygens (including phenoxy) is 2. The van der Waals surface area contributed by atoms with Gasteiger partial charge in [0, 0.05) is 29.9 Å². The average molecular weight is 379 g/mol. The first-order valence-corrected chi connectivity index (χ1v) is 8.86. The third-order valence-electron chi connectivity index (χ3n) is 4.09. The van der Waals surface area contributed by atoms with E-state index >= 15 is 0 Å². The molecule has 2 unspecified atom stereocenters. The van der Waals surface area contributed by atoms with Crippen molar-refractivity contribution < 1.29 is 9.47 Å². The van der Waals surface area contributed by atoms with Crippen molar-refractivity contribution in [1.82, 2.24) is 9.55 Å². The summed E-state index contributed by atoms with van der Waals surface area (Å²) in [5.74, 6) is 0.896. The maximum Gasteiger partial charge on any atom is 0.191 e. The van der Waals surface area contributed by atoms with Crippen LogP contribution in [-0.4, -0.2) is 21.4 Å². The van der Waals surface area contributed by atoms with Gasteiger partial charge in [0.1, 0.15) is 5.75 Å². The molecule has 0 amide bonds. The minimum atomic E-state index is -1.08. The maximum atomic E-state index is 6.48. The quantitative estimate of drug-likeness (QED) is 0.391. The summed E-state index contributed by atoms with van der Waals surface area (Å²) in [5, 5.41) is -0.404. The van der Waals surface area contributed by atoms with Crippen LogP contribution in [0.25, 0.3) is 0 Å². The second-order valence-electron chi connectivity index (χ2n) is 5.95. The van der Waals surface area contributed by atoms with E-state index in [1.165, 1.54) is 0 Å². The predicted molar refractivity (Wildman–Crippen MR) is 99.8 cm³/mol. The summed E-state index contributed by atoms with van der Waals surface area (Å²) in [6.45, 7) is 2.86. The molecule has 0 saturated carbocycles. The number of aromatic nitrogens is 2. The number of hydrogen-bond donors (Lipinski definition) is 0. The third kappa shape index (κ3) is 4.88. The number of hydrogen-bond acceptors (Lipinski definition) is 3. The van der Waals surface area contributed by atoms with E-state index in [1.807, 2.05) is 54.1 Å². The van der Waals surface area contributed by atoms with Crippen LogP contribution in [0.15, 0.2) is 66.2 Å². The van der Waals surface area contributed by atoms with Gasteiger partial charge in [-0.2, -0.15) is 0 Å². The fourth-order valence-electron chi connectivity index (χ4n) is 2.62. The van der Waals surface area contributed by atoms with Crippen molar-refractivity contribution in [2.24, 2.45) is 5.92 Å². The van der Waals surface area contributed by atoms with Gasteiger partial charge < -0.3 is 14.0 Å². The first-order chi connectivity index (χ1) is 12.1. The third-order valence-corrected chi connectivity index (χ3v) is 4.82. The van der Waals surface area contributed by atoms with Crippen molar-refractivity contribution in [2.75, 3.05) is 6.79 Å². The van der Waals surface area contributed by atoms with Crippen molar-refractivity contribution in [3.63, 3.8) is 0 Å². The number of nitrogens with zero attached hydrogens (tertiary/aromatic N) is 2. The molecule has 1 aromatic heterocycles. The highest BCUT2D eigenvalue weighted by atomic mass is 35.5. The SMILES string of the molecule is Cc1ccccc1OCOC1(Cl)C=CC(CCn2ccnc2)C(Cl)=C1. The number of benzene rings is 1. The smallest absolute Gasteiger partial charge is 0.191 e. The van der Waals surface area contributed by atoms with Crippen molar-refractivity contribution in [2.45, 2.75) is 24.9 Å². The number of aryl methyl sites for hydroxylation is 2. The number of halogens is 2. The van der Waals surface area contributed by atoms with Gasteiger partial charge in [-0.05, 0) is 37.1 Å². The van der Waals surface area contributed by atoms with E-state index in [1.54, 1.807) is 18.6 Å². The predicted octanol–water partition coefficient (Wildman–Crippen LogP) is 4.88. The second kappa shape index (κ2) is 8.09. The van der Waals surface area contributed by atoms with Gasteiger partial charge in [-0.15, -0.1) is 0 Å². The first-order valence-electron chi connectivity index (χ1n) is 8.10. The molecule has 1 aliphatic carbocycles. The number of imidazole rings is 1. The van der Waals surface area contributed by atoms with Crippen LogP contribution in [0.3, 0.4) is 0 Å². The summed E-state index contributed by atoms with van der Waals surface area (Å²) in [4.78, 5) is 4.04. The number of rotatable bonds is 7. The normalized spacial score (nSPS) is 22.7. The van der Waals surface area contributed by atoms with Crippen molar-refractivity contribution in [1.29, 1.82) is 0 Å². The van der Waals surface area contributed by atoms with Crippen LogP contribution < -0.4 is 4.74 Å². The molecule has 6 heteroatoms. The van der Waals surface area contributed by atoms with Gasteiger partial charge in [0.2, 0.25) is 0 Å². The standard InChI is InChI=1S/C19H20Cl2N2O2/c1-15-4-2-3-5-18(15)24-14-25-19(21)8-6-16(17(20)12-19)7-10-23-11-9-22-13-23/h2-6,8-9,11-13,16H,7,10,14H2,1H3. The van der Waals surface area contributed by atoms with Crippen LogP contribution in [0.1, 0.15) is 12.0 Å². The van der Waals surface area contributed by atoms with Gasteiger partial charge in [0.05, 0.1) is 6.33 Å². The zero-order valence-corrected chi connectivity index (χ0v) is 15.5. The topological polar surface area (TPSA) is 36.3 Å². The Morgan fingerprint density at radius 2 is 2.16 bits per heavy atom. The summed E-state index contributed by atoms with van der Waals surface area (Å²) in [7, 11) is 0. The molecule has 0 N–H and O–H groups in total. The maximum absolute atomic E-state index is 6.48. The van der Waals surface area contributed by atoms with Gasteiger partial charge in [-0.3, -0.25) is 0 Å². The highest BCUT2D eigenvalue weighted by Gasteiger charge is 2.29. The second-order valence-corrected chi connectivity index (χ2v) is 6.98. The summed E-state index contributed by atoms with van der Waals surface area (Å²) < 4.78 is 13.3. The van der Waals surface area contributed by atoms with E-state index in [0.717, 1.165) is 24.3 Å². The number of para-hydroxylation sites is 1. The fourth-order valence-corrected chi connectivity index (χ4v) is 3.25. The minimum absolute atomic E-state index is 0.0407. The summed E-state index contributed by atoms with van der Waals surface area (Å²) in [6, 6.07) is 7.75. The summed E-state index contributed by atoms with van der Waals surface area (Å²) in [6.07, 6.45) is 11.9. The Labute approximate surface area is 157 Å². The monoisotopic (exact) mass is 378 g/mol. The van der Waals surface area contributed by atoms with Crippen LogP contribution in [0, 0.1) is 12.8 Å². The molecule has 25 heavy (non-hydrogen) atoms. The molecule has 0 saturated heterocycles. The first kappa shape index (κ1) is 18.1. The Morgan fingerprint density at radius 3 is 2.88 bits per heavy atom. The van der Waals surface area contributed by atoms with E-state index in [2.05, 4.69) is 4.98 Å². The molecular formula is C19H20Cl2N2O2. The lowest BCUT2D eigenvalue weighted by molar-refractivity contribution is -0.0177. The van der Waals surface area contributed by atoms with Crippen molar-refractivity contribution in [3.05, 3.63) is 71.8 Å². The van der Waals surface area contributed by atoms with Crippen molar-refractivity contribution >= 4 is 23.2 Å². The van der Waals surface area contributed by atoms with Gasteiger partial charge in [0.25, 0.3) is 0 Å². The van der Waals surface area contributed by atoms with Crippen LogP contribution in [-0.2, 0) is 11.3 Å². The minimum Gasteiger partial charge on any atom is -0.467 e. The molecule has 132 valence electrons. The molecule has 2 atom stereocenters. The van der Waals surface area contributed by atoms with Crippen LogP contribution >= 0.6 is 23.2 Å². The highest BCUT2D eigenvalue weighted by molar-refractivity contribution is 6.32. The van der Waals surface area contributed by atoms with Crippen LogP contribution in [0.5, 0.6) is 5.75 Å². The molecule has 2 aromatic rings. The summed E-state index contributed by atoms with van der Waals surface area (Å²) in [5.41, 5.74) is 1.04. The lowest BCUT2D eigenvalue weighted by Gasteiger charge is -2.27. The van der Waals surface area contributed by atoms with Gasteiger partial charge in [-0.25, -0.2) is 4.98 Å². The van der Waals surface area contributed by atoms with Crippen LogP contribution in [0.4, 0.5) is 0 Å². The zero-order valence-electron chi connectivity index (χ0n) is 13.9. The molecule has 0 bridgehead atoms. The van der Waals surface area contributed by atoms with E-state index in [-0.39, 0.29) is 12.7 Å². The number of allylic oxidation sites excluding steroid dienone is 2. The Kier molecular flexibility index (Phi) is 5.84. The molecule has 1 heterocycles. The molecule has 4 nitrogen and oxygen atoms in total. The Balaban J connectivity index is 1.52. The zero-order chi connectivity index (χ0) is 17.7. The van der Waals surface area contributed by atoms with E-state index in [4.69, 9.17) is 32.7 Å². The van der Waals surface area contributed by atoms with Gasteiger partial charge in [-0.1, -0.05) is 47.5 Å². The molecule has 0 spiro atoms. The Morgan fingerprint density at radius 1 is 1.32 bits per heavy atom. The van der Waals surface area contributed by atoms with E-state index in [9.17, 15) is 0 Å². The molecule has 3 rings (SSSR count). The lowest BCUT2D eigenvalue weighted by atomic mass is 9.98. The highest BCUT2D eigenvalue weighted by Crippen LogP contribution is 2.35. The van der Waals surface area contributed by atoms with Gasteiger partial charge >= 0.3 is 0 Å².